The third-order valence-electron chi connectivity index (χ3n) is 3.26. The van der Waals surface area contributed by atoms with Crippen LogP contribution in [0.3, 0.4) is 0 Å². The fourth-order valence-corrected chi connectivity index (χ4v) is 2.57. The molecule has 6 nitrogen and oxygen atoms in total. The summed E-state index contributed by atoms with van der Waals surface area (Å²) < 4.78 is 7.23. The van der Waals surface area contributed by atoms with Crippen LogP contribution in [0.25, 0.3) is 5.65 Å². The fourth-order valence-electron chi connectivity index (χ4n) is 2.40. The first kappa shape index (κ1) is 12.4. The van der Waals surface area contributed by atoms with Gasteiger partial charge in [-0.2, -0.15) is 5.10 Å². The topological polar surface area (TPSA) is 76.7 Å². The SMILES string of the molecule is CC1CCC(c2c(C(=O)O)cnc3cc(Cl)nn23)O1. The van der Waals surface area contributed by atoms with Crippen molar-refractivity contribution in [2.24, 2.45) is 0 Å². The van der Waals surface area contributed by atoms with Crippen LogP contribution in [-0.2, 0) is 4.74 Å². The lowest BCUT2D eigenvalue weighted by molar-refractivity contribution is 0.0486. The number of aromatic carboxylic acids is 1. The summed E-state index contributed by atoms with van der Waals surface area (Å²) in [5, 5.41) is 13.7. The molecule has 2 atom stereocenters. The lowest BCUT2D eigenvalue weighted by Crippen LogP contribution is -2.15. The predicted octanol–water partition coefficient (Wildman–Crippen LogP) is 2.32. The van der Waals surface area contributed by atoms with Crippen LogP contribution in [0.1, 0.15) is 41.9 Å². The Morgan fingerprint density at radius 2 is 2.37 bits per heavy atom. The second-order valence-electron chi connectivity index (χ2n) is 4.61. The highest BCUT2D eigenvalue weighted by atomic mass is 35.5. The van der Waals surface area contributed by atoms with E-state index in [0.29, 0.717) is 11.3 Å². The standard InChI is InChI=1S/C12H12ClN3O3/c1-6-2-3-8(19-6)11-7(12(17)18)5-14-10-4-9(13)15-16(10)11/h4-6,8H,2-3H2,1H3,(H,17,18). The Morgan fingerprint density at radius 1 is 1.58 bits per heavy atom. The molecule has 100 valence electrons. The summed E-state index contributed by atoms with van der Waals surface area (Å²) >= 11 is 5.86. The van der Waals surface area contributed by atoms with Gasteiger partial charge >= 0.3 is 5.97 Å². The average molecular weight is 282 g/mol. The minimum atomic E-state index is -1.04. The van der Waals surface area contributed by atoms with E-state index in [2.05, 4.69) is 10.1 Å². The van der Waals surface area contributed by atoms with Crippen molar-refractivity contribution in [1.82, 2.24) is 14.6 Å². The van der Waals surface area contributed by atoms with Crippen LogP contribution in [0.15, 0.2) is 12.3 Å². The van der Waals surface area contributed by atoms with Gasteiger partial charge in [0.05, 0.1) is 11.8 Å². The summed E-state index contributed by atoms with van der Waals surface area (Å²) in [6, 6.07) is 1.59. The minimum Gasteiger partial charge on any atom is -0.478 e. The van der Waals surface area contributed by atoms with E-state index in [1.807, 2.05) is 6.92 Å². The van der Waals surface area contributed by atoms with E-state index in [9.17, 15) is 9.90 Å². The van der Waals surface area contributed by atoms with Gasteiger partial charge in [0.2, 0.25) is 0 Å². The van der Waals surface area contributed by atoms with Gasteiger partial charge in [-0.3, -0.25) is 0 Å². The molecule has 2 aromatic rings. The number of halogens is 1. The van der Waals surface area contributed by atoms with Gasteiger partial charge in [0.1, 0.15) is 11.7 Å². The number of hydrogen-bond donors (Lipinski definition) is 1. The van der Waals surface area contributed by atoms with Gasteiger partial charge in [-0.1, -0.05) is 11.6 Å². The summed E-state index contributed by atoms with van der Waals surface area (Å²) in [6.07, 6.45) is 2.81. The summed E-state index contributed by atoms with van der Waals surface area (Å²) in [4.78, 5) is 15.4. The molecule has 1 fully saturated rings. The Hall–Kier alpha value is -1.66. The Labute approximate surface area is 114 Å². The van der Waals surface area contributed by atoms with Gasteiger partial charge in [-0.15, -0.1) is 0 Å². The van der Waals surface area contributed by atoms with Crippen LogP contribution >= 0.6 is 11.6 Å². The highest BCUT2D eigenvalue weighted by molar-refractivity contribution is 6.29. The molecule has 3 heterocycles. The van der Waals surface area contributed by atoms with Gasteiger partial charge in [0.25, 0.3) is 0 Å². The molecule has 2 aromatic heterocycles. The molecule has 0 amide bonds. The van der Waals surface area contributed by atoms with Crippen molar-refractivity contribution < 1.29 is 14.6 Å². The normalized spacial score (nSPS) is 23.1. The second-order valence-corrected chi connectivity index (χ2v) is 5.00. The molecule has 0 spiro atoms. The number of ether oxygens (including phenoxy) is 1. The number of rotatable bonds is 2. The number of hydrogen-bond acceptors (Lipinski definition) is 4. The Bertz CT molecular complexity index is 655. The fraction of sp³-hybridized carbons (Fsp3) is 0.417. The zero-order valence-corrected chi connectivity index (χ0v) is 11.0. The van der Waals surface area contributed by atoms with Crippen molar-refractivity contribution in [3.05, 3.63) is 28.7 Å². The van der Waals surface area contributed by atoms with E-state index >= 15 is 0 Å². The molecule has 1 aliphatic heterocycles. The van der Waals surface area contributed by atoms with Gasteiger partial charge < -0.3 is 9.84 Å². The van der Waals surface area contributed by atoms with E-state index < -0.39 is 5.97 Å². The summed E-state index contributed by atoms with van der Waals surface area (Å²) in [7, 11) is 0. The largest absolute Gasteiger partial charge is 0.478 e. The van der Waals surface area contributed by atoms with Crippen molar-refractivity contribution in [3.8, 4) is 0 Å². The van der Waals surface area contributed by atoms with Gasteiger partial charge in [-0.05, 0) is 19.8 Å². The minimum absolute atomic E-state index is 0.103. The third-order valence-corrected chi connectivity index (χ3v) is 3.44. The highest BCUT2D eigenvalue weighted by Gasteiger charge is 2.30. The molecule has 0 saturated carbocycles. The van der Waals surface area contributed by atoms with Crippen molar-refractivity contribution >= 4 is 23.2 Å². The van der Waals surface area contributed by atoms with Crippen LogP contribution in [0, 0.1) is 0 Å². The zero-order valence-electron chi connectivity index (χ0n) is 10.2. The number of carboxylic acid groups (broad SMARTS) is 1. The molecule has 0 aliphatic carbocycles. The third kappa shape index (κ3) is 2.06. The van der Waals surface area contributed by atoms with Crippen molar-refractivity contribution in [1.29, 1.82) is 0 Å². The molecule has 2 unspecified atom stereocenters. The summed E-state index contributed by atoms with van der Waals surface area (Å²) in [6.45, 7) is 1.97. The van der Waals surface area contributed by atoms with Gasteiger partial charge in [0, 0.05) is 12.3 Å². The molecule has 1 saturated heterocycles. The summed E-state index contributed by atoms with van der Waals surface area (Å²) in [5.74, 6) is -1.04. The molecule has 0 bridgehead atoms. The van der Waals surface area contributed by atoms with Crippen molar-refractivity contribution in [3.63, 3.8) is 0 Å². The number of fused-ring (bicyclic) bond motifs is 1. The number of nitrogens with zero attached hydrogens (tertiary/aromatic N) is 3. The Kier molecular flexibility index (Phi) is 2.91. The molecule has 1 aliphatic rings. The maximum Gasteiger partial charge on any atom is 0.339 e. The van der Waals surface area contributed by atoms with E-state index in [0.717, 1.165) is 12.8 Å². The van der Waals surface area contributed by atoms with Crippen LogP contribution < -0.4 is 0 Å². The Balaban J connectivity index is 2.22. The zero-order chi connectivity index (χ0) is 13.6. The summed E-state index contributed by atoms with van der Waals surface area (Å²) in [5.41, 5.74) is 1.13. The van der Waals surface area contributed by atoms with Crippen molar-refractivity contribution in [2.75, 3.05) is 0 Å². The molecule has 7 heteroatoms. The molecule has 0 aromatic carbocycles. The quantitative estimate of drug-likeness (QED) is 0.914. The van der Waals surface area contributed by atoms with Crippen molar-refractivity contribution in [2.45, 2.75) is 32.0 Å². The lowest BCUT2D eigenvalue weighted by atomic mass is 10.1. The molecule has 3 rings (SSSR count). The Morgan fingerprint density at radius 3 is 3.00 bits per heavy atom. The van der Waals surface area contributed by atoms with Gasteiger partial charge in [-0.25, -0.2) is 14.3 Å². The molecular weight excluding hydrogens is 270 g/mol. The van der Waals surface area contributed by atoms with E-state index in [4.69, 9.17) is 16.3 Å². The predicted molar refractivity (Wildman–Crippen MR) is 67.5 cm³/mol. The number of carboxylic acids is 1. The van der Waals surface area contributed by atoms with Crippen LogP contribution in [0.5, 0.6) is 0 Å². The maximum atomic E-state index is 11.3. The van der Waals surface area contributed by atoms with Crippen LogP contribution in [0.4, 0.5) is 0 Å². The maximum absolute atomic E-state index is 11.3. The van der Waals surface area contributed by atoms with Crippen LogP contribution in [-0.4, -0.2) is 31.8 Å². The lowest BCUT2D eigenvalue weighted by Gasteiger charge is -2.15. The molecule has 0 radical (unpaired) electrons. The van der Waals surface area contributed by atoms with E-state index in [1.54, 1.807) is 6.07 Å². The first-order valence-electron chi connectivity index (χ1n) is 5.99. The smallest absolute Gasteiger partial charge is 0.339 e. The van der Waals surface area contributed by atoms with E-state index in [1.165, 1.54) is 10.7 Å². The van der Waals surface area contributed by atoms with E-state index in [-0.39, 0.29) is 22.9 Å². The molecule has 1 N–H and O–H groups in total. The number of aromatic nitrogens is 3. The number of carbonyl (C=O) groups is 1. The van der Waals surface area contributed by atoms with Gasteiger partial charge in [0.15, 0.2) is 10.8 Å². The first-order valence-corrected chi connectivity index (χ1v) is 6.37. The molecular formula is C12H12ClN3O3. The first-order chi connectivity index (χ1) is 9.06. The average Bonchev–Trinajstić information content (AvgIpc) is 2.92. The second kappa shape index (κ2) is 4.47. The molecule has 19 heavy (non-hydrogen) atoms. The monoisotopic (exact) mass is 281 g/mol. The highest BCUT2D eigenvalue weighted by Crippen LogP contribution is 2.34. The van der Waals surface area contributed by atoms with Crippen LogP contribution in [0.2, 0.25) is 5.15 Å².